The Hall–Kier alpha value is -4.94. The molecular formula is C31H45N7O11. The zero-order chi connectivity index (χ0) is 37.5. The molecule has 1 aromatic carbocycles. The van der Waals surface area contributed by atoms with Crippen LogP contribution in [0.2, 0.25) is 0 Å². The molecule has 2 unspecified atom stereocenters. The van der Waals surface area contributed by atoms with Crippen molar-refractivity contribution in [3.63, 3.8) is 0 Å². The number of hydrogen-bond acceptors (Lipinski definition) is 12. The van der Waals surface area contributed by atoms with Crippen LogP contribution in [0, 0.1) is 17.3 Å². The molecule has 270 valence electrons. The highest BCUT2D eigenvalue weighted by Gasteiger charge is 2.71. The number of phenols is 1. The van der Waals surface area contributed by atoms with E-state index in [0.29, 0.717) is 10.5 Å². The molecule has 1 saturated carbocycles. The Labute approximate surface area is 281 Å². The number of carbonyl (C=O) groups is 8. The minimum Gasteiger partial charge on any atom is -0.508 e. The number of nitrogens with two attached hydrogens (primary N) is 4. The first-order chi connectivity index (χ1) is 22.6. The van der Waals surface area contributed by atoms with Gasteiger partial charge in [-0.1, -0.05) is 39.8 Å². The number of phenolic OH excluding ortho intramolecular Hbond substituents is 1. The van der Waals surface area contributed by atoms with Gasteiger partial charge in [0.25, 0.3) is 11.8 Å². The number of aromatic hydroxyl groups is 1. The molecule has 0 saturated heterocycles. The minimum absolute atomic E-state index is 0.0692. The summed E-state index contributed by atoms with van der Waals surface area (Å²) in [6.45, 7) is 6.29. The van der Waals surface area contributed by atoms with Crippen LogP contribution >= 0.6 is 0 Å². The summed E-state index contributed by atoms with van der Waals surface area (Å²) >= 11 is 0. The standard InChI is InChI=1S/C31H45N7O11/c1-13(2)23(35)27(45)37-24(14(3)4)29(47)38(28(46)19(11-22(41)42)36-26(44)18(33)10-21(34)40)20-12-31(20,30(48)49)25(43)17(32)9-15-5-7-16(39)8-6-15/h5-8,13-14,17-20,23-24,39H,9-12,32-33,35H2,1-4H3,(H2,34,40)(H,36,44)(H,37,45)(H,41,42)(H,48,49)/t17-,18-,19-,20?,23-,24-,31?/m0/s1. The van der Waals surface area contributed by atoms with Gasteiger partial charge in [0, 0.05) is 0 Å². The predicted octanol–water partition coefficient (Wildman–Crippen LogP) is -2.68. The monoisotopic (exact) mass is 691 g/mol. The van der Waals surface area contributed by atoms with Crippen molar-refractivity contribution in [1.82, 2.24) is 15.5 Å². The molecule has 18 nitrogen and oxygen atoms in total. The number of Topliss-reactive ketones (excluding diaryl/α,β-unsaturated/α-hetero) is 1. The molecule has 5 amide bonds. The van der Waals surface area contributed by atoms with Crippen molar-refractivity contribution in [2.45, 2.75) is 89.6 Å². The first kappa shape index (κ1) is 40.2. The van der Waals surface area contributed by atoms with Gasteiger partial charge in [0.15, 0.2) is 11.2 Å². The van der Waals surface area contributed by atoms with Crippen molar-refractivity contribution in [1.29, 1.82) is 0 Å². The molecule has 0 aromatic heterocycles. The second-order valence-corrected chi connectivity index (χ2v) is 12.8. The zero-order valence-electron chi connectivity index (χ0n) is 27.6. The van der Waals surface area contributed by atoms with E-state index in [4.69, 9.17) is 22.9 Å². The number of primary amides is 1. The summed E-state index contributed by atoms with van der Waals surface area (Å²) in [6, 6.07) is -3.93. The van der Waals surface area contributed by atoms with Gasteiger partial charge in [-0.3, -0.25) is 43.3 Å². The Bertz CT molecular complexity index is 1470. The molecule has 7 atom stereocenters. The molecule has 18 heteroatoms. The van der Waals surface area contributed by atoms with Crippen LogP contribution in [0.4, 0.5) is 0 Å². The third kappa shape index (κ3) is 9.80. The average Bonchev–Trinajstić information content (AvgIpc) is 3.75. The second-order valence-electron chi connectivity index (χ2n) is 12.8. The van der Waals surface area contributed by atoms with Crippen LogP contribution in [0.15, 0.2) is 24.3 Å². The number of nitrogens with one attached hydrogen (secondary N) is 2. The highest BCUT2D eigenvalue weighted by molar-refractivity contribution is 6.13. The lowest BCUT2D eigenvalue weighted by Gasteiger charge is -2.33. The lowest BCUT2D eigenvalue weighted by Crippen LogP contribution is -2.62. The van der Waals surface area contributed by atoms with Crippen molar-refractivity contribution >= 4 is 47.3 Å². The summed E-state index contributed by atoms with van der Waals surface area (Å²) in [5.41, 5.74) is 20.9. The number of nitrogens with zero attached hydrogens (tertiary/aromatic N) is 1. The van der Waals surface area contributed by atoms with Crippen molar-refractivity contribution < 1.29 is 53.7 Å². The predicted molar refractivity (Wildman–Crippen MR) is 171 cm³/mol. The second kappa shape index (κ2) is 16.4. The number of rotatable bonds is 18. The van der Waals surface area contributed by atoms with E-state index in [0.717, 1.165) is 0 Å². The van der Waals surface area contributed by atoms with E-state index in [-0.39, 0.29) is 18.1 Å². The Balaban J connectivity index is 2.64. The van der Waals surface area contributed by atoms with Crippen LogP contribution < -0.4 is 33.6 Å². The van der Waals surface area contributed by atoms with E-state index >= 15 is 0 Å². The van der Waals surface area contributed by atoms with Crippen molar-refractivity contribution in [3.8, 4) is 5.75 Å². The molecular weight excluding hydrogens is 646 g/mol. The lowest BCUT2D eigenvalue weighted by atomic mass is 9.90. The van der Waals surface area contributed by atoms with Gasteiger partial charge in [-0.15, -0.1) is 0 Å². The summed E-state index contributed by atoms with van der Waals surface area (Å²) in [4.78, 5) is 104. The van der Waals surface area contributed by atoms with Crippen LogP contribution in [0.1, 0.15) is 52.5 Å². The maximum absolute atomic E-state index is 14.3. The van der Waals surface area contributed by atoms with Gasteiger partial charge in [-0.05, 0) is 42.4 Å². The van der Waals surface area contributed by atoms with Gasteiger partial charge in [-0.2, -0.15) is 0 Å². The minimum atomic E-state index is -2.44. The highest BCUT2D eigenvalue weighted by atomic mass is 16.4. The number of carbonyl (C=O) groups excluding carboxylic acids is 6. The zero-order valence-corrected chi connectivity index (χ0v) is 27.6. The third-order valence-corrected chi connectivity index (χ3v) is 8.26. The molecule has 0 spiro atoms. The van der Waals surface area contributed by atoms with E-state index in [2.05, 4.69) is 10.6 Å². The molecule has 1 fully saturated rings. The topological polar surface area (TPSA) is 329 Å². The smallest absolute Gasteiger partial charge is 0.319 e. The molecule has 0 bridgehead atoms. The lowest BCUT2D eigenvalue weighted by molar-refractivity contribution is -0.156. The fourth-order valence-electron chi connectivity index (χ4n) is 5.23. The Kier molecular flexibility index (Phi) is 13.5. The third-order valence-electron chi connectivity index (χ3n) is 8.26. The summed E-state index contributed by atoms with van der Waals surface area (Å²) in [6.07, 6.45) is -2.62. The molecule has 0 radical (unpaired) electrons. The number of amides is 5. The van der Waals surface area contributed by atoms with Gasteiger partial charge < -0.3 is 48.9 Å². The highest BCUT2D eigenvalue weighted by Crippen LogP contribution is 2.52. The molecule has 1 aromatic rings. The SMILES string of the molecule is CC(C)[C@H](N)C(=O)N[C@H](C(=O)N(C(=O)[C@H](CC(=O)O)NC(=O)[C@@H](N)CC(N)=O)C1CC1(C(=O)O)C(=O)[C@@H](N)Cc1ccc(O)cc1)C(C)C. The van der Waals surface area contributed by atoms with E-state index < -0.39 is 114 Å². The summed E-state index contributed by atoms with van der Waals surface area (Å²) in [5, 5.41) is 34.0. The van der Waals surface area contributed by atoms with Crippen LogP contribution in [-0.4, -0.2) is 104 Å². The van der Waals surface area contributed by atoms with Crippen LogP contribution in [-0.2, 0) is 44.8 Å². The summed E-state index contributed by atoms with van der Waals surface area (Å²) < 4.78 is 0. The molecule has 1 aliphatic carbocycles. The van der Waals surface area contributed by atoms with Gasteiger partial charge >= 0.3 is 11.9 Å². The number of benzene rings is 1. The largest absolute Gasteiger partial charge is 0.508 e. The normalized spacial score (nSPS) is 19.9. The van der Waals surface area contributed by atoms with Gasteiger partial charge in [0.2, 0.25) is 17.7 Å². The fraction of sp³-hybridized carbons (Fsp3) is 0.548. The Morgan fingerprint density at radius 2 is 1.41 bits per heavy atom. The first-order valence-electron chi connectivity index (χ1n) is 15.5. The quantitative estimate of drug-likeness (QED) is 0.0709. The van der Waals surface area contributed by atoms with Gasteiger partial charge in [0.05, 0.1) is 37.0 Å². The summed E-state index contributed by atoms with van der Waals surface area (Å²) in [7, 11) is 0. The van der Waals surface area contributed by atoms with Gasteiger partial charge in [-0.25, -0.2) is 0 Å². The summed E-state index contributed by atoms with van der Waals surface area (Å²) in [5.74, 6) is -11.2. The van der Waals surface area contributed by atoms with Crippen molar-refractivity contribution in [2.24, 2.45) is 40.2 Å². The van der Waals surface area contributed by atoms with E-state index in [1.165, 1.54) is 38.1 Å². The number of carboxylic acid groups (broad SMARTS) is 2. The van der Waals surface area contributed by atoms with Crippen molar-refractivity contribution in [3.05, 3.63) is 29.8 Å². The first-order valence-corrected chi connectivity index (χ1v) is 15.5. The maximum Gasteiger partial charge on any atom is 0.319 e. The fourth-order valence-corrected chi connectivity index (χ4v) is 5.23. The van der Waals surface area contributed by atoms with Crippen LogP contribution in [0.25, 0.3) is 0 Å². The van der Waals surface area contributed by atoms with Gasteiger partial charge in [0.1, 0.15) is 17.8 Å². The van der Waals surface area contributed by atoms with E-state index in [1.807, 2.05) is 0 Å². The van der Waals surface area contributed by atoms with Crippen molar-refractivity contribution in [2.75, 3.05) is 0 Å². The number of carboxylic acids is 2. The number of ketones is 1. The molecule has 0 aliphatic heterocycles. The van der Waals surface area contributed by atoms with E-state index in [1.54, 1.807) is 13.8 Å². The number of aliphatic carboxylic acids is 2. The average molecular weight is 692 g/mol. The molecule has 49 heavy (non-hydrogen) atoms. The molecule has 13 N–H and O–H groups in total. The maximum atomic E-state index is 14.3. The molecule has 1 aliphatic rings. The van der Waals surface area contributed by atoms with Crippen LogP contribution in [0.5, 0.6) is 5.75 Å². The number of imide groups is 1. The Morgan fingerprint density at radius 3 is 1.88 bits per heavy atom. The van der Waals surface area contributed by atoms with Crippen LogP contribution in [0.3, 0.4) is 0 Å². The van der Waals surface area contributed by atoms with E-state index in [9.17, 15) is 53.7 Å². The molecule has 2 rings (SSSR count). The Morgan fingerprint density at radius 1 is 0.837 bits per heavy atom. The number of hydrogen-bond donors (Lipinski definition) is 9. The molecule has 0 heterocycles.